The van der Waals surface area contributed by atoms with Gasteiger partial charge in [0.05, 0.1) is 33.1 Å². The molecule has 0 aliphatic carbocycles. The maximum atomic E-state index is 12.9. The van der Waals surface area contributed by atoms with Crippen molar-refractivity contribution in [2.75, 3.05) is 0 Å². The third-order valence-electron chi connectivity index (χ3n) is 13.4. The van der Waals surface area contributed by atoms with E-state index in [0.29, 0.717) is 10.6 Å². The third-order valence-corrected chi connectivity index (χ3v) is 13.7. The molecule has 0 aliphatic heterocycles. The molecule has 0 amide bonds. The van der Waals surface area contributed by atoms with Crippen molar-refractivity contribution < 1.29 is 64.7 Å². The maximum absolute atomic E-state index is 12.9. The number of nitriles is 1. The second-order valence-corrected chi connectivity index (χ2v) is 20.3. The zero-order chi connectivity index (χ0) is 63.0. The first-order valence-electron chi connectivity index (χ1n) is 28.8. The molecule has 0 spiro atoms. The summed E-state index contributed by atoms with van der Waals surface area (Å²) >= 11 is 5.87. The van der Waals surface area contributed by atoms with E-state index >= 15 is 0 Å². The first kappa shape index (κ1) is 71.5. The Morgan fingerprint density at radius 1 is 0.330 bits per heavy atom. The average molecular weight is 1770 g/mol. The molecule has 0 atom stereocenters. The number of halogens is 2. The van der Waals surface area contributed by atoms with Crippen molar-refractivity contribution in [1.29, 1.82) is 5.26 Å². The molecular weight excluding hydrogens is 1720 g/mol. The molecule has 0 N–H and O–H groups in total. The zero-order valence-corrected chi connectivity index (χ0v) is 58.7. The summed E-state index contributed by atoms with van der Waals surface area (Å²) in [6.07, 6.45) is 5.36. The van der Waals surface area contributed by atoms with E-state index in [1.165, 1.54) is 12.1 Å². The Morgan fingerprint density at radius 3 is 0.926 bits per heavy atom. The van der Waals surface area contributed by atoms with Gasteiger partial charge in [0.1, 0.15) is 0 Å². The largest absolute Gasteiger partial charge is 0.305 e. The van der Waals surface area contributed by atoms with Crippen LogP contribution in [0.1, 0.15) is 22.6 Å². The van der Waals surface area contributed by atoms with Crippen molar-refractivity contribution >= 4 is 44.7 Å². The molecule has 467 valence electrons. The molecule has 15 aromatic rings. The summed E-state index contributed by atoms with van der Waals surface area (Å²) in [7, 11) is 0. The number of rotatable bonds is 6. The molecule has 0 saturated carbocycles. The summed E-state index contributed by atoms with van der Waals surface area (Å²) in [6.45, 7) is 5.78. The fraction of sp³-hybridized carbons (Fsp3) is 0.0380. The number of hydrogen-bond donors (Lipinski definition) is 0. The van der Waals surface area contributed by atoms with Crippen LogP contribution in [0.25, 0.3) is 101 Å². The SMILES string of the molecule is Cc1nc2ccccc2nc1-c1[c-]cc(C#N)cc1.Cc1nc2ccccc2nc1-c1[c-]cc(Cl)cc1.Cc1nc2ccccc2nc1-c1[c-]cc(F)cc1.[Ir].[Ir].[Ir].[c-]1ccccc1-c1ccccn1.[c-]1ccccc1-c1ccccn1.[c-]1ccccc1-c1ccccn1. The van der Waals surface area contributed by atoms with Gasteiger partial charge >= 0.3 is 0 Å². The van der Waals surface area contributed by atoms with Gasteiger partial charge in [0.25, 0.3) is 0 Å². The van der Waals surface area contributed by atoms with Gasteiger partial charge < -0.3 is 15.0 Å². The maximum Gasteiger partial charge on any atom is 0.0870 e. The summed E-state index contributed by atoms with van der Waals surface area (Å²) < 4.78 is 12.9. The smallest absolute Gasteiger partial charge is 0.0870 e. The summed E-state index contributed by atoms with van der Waals surface area (Å²) in [5, 5.41) is 9.47. The standard InChI is InChI=1S/C16H10N3.C15H10ClN2.C15H10FN2.3C11H8N.3Ir/c1-11-16(13-8-6-12(10-17)7-9-13)19-15-5-3-2-4-14(15)18-11;2*1-10-15(11-6-8-12(16)9-7-11)18-14-5-3-2-4-13(14)17-10;3*1-2-6-10(7-3-1)11-8-4-5-9-12-11;;;/h2-8H,1H3;2*2-6,8-9H,1H3;3*1-6,8-9H;;;/q6*-1;;;. The minimum atomic E-state index is -0.301. The van der Waals surface area contributed by atoms with Gasteiger partial charge in [0.15, 0.2) is 0 Å². The molecule has 0 bridgehead atoms. The van der Waals surface area contributed by atoms with Crippen molar-refractivity contribution in [3.05, 3.63) is 343 Å². The van der Waals surface area contributed by atoms with Crippen molar-refractivity contribution in [3.8, 4) is 73.6 Å². The number of pyridine rings is 3. The van der Waals surface area contributed by atoms with Crippen molar-refractivity contribution in [2.24, 2.45) is 0 Å². The number of aromatic nitrogens is 9. The topological polar surface area (TPSA) is 140 Å². The number of benzene rings is 9. The summed E-state index contributed by atoms with van der Waals surface area (Å²) in [4.78, 5) is 40.1. The molecule has 94 heavy (non-hydrogen) atoms. The van der Waals surface area contributed by atoms with E-state index in [0.717, 1.165) is 118 Å². The minimum absolute atomic E-state index is 0. The van der Waals surface area contributed by atoms with Crippen LogP contribution in [0.4, 0.5) is 4.39 Å². The number of hydrogen-bond acceptors (Lipinski definition) is 10. The molecular formula is C79H54ClFIr3N10-6. The second kappa shape index (κ2) is 37.0. The number of fused-ring (bicyclic) bond motifs is 3. The Balaban J connectivity index is 0.000000160. The number of para-hydroxylation sites is 6. The average Bonchev–Trinajstić information content (AvgIpc) is 0.865. The molecule has 9 aromatic carbocycles. The van der Waals surface area contributed by atoms with Crippen LogP contribution in [-0.4, -0.2) is 44.9 Å². The summed E-state index contributed by atoms with van der Waals surface area (Å²) in [5.74, 6) is -0.301. The second-order valence-electron chi connectivity index (χ2n) is 19.9. The van der Waals surface area contributed by atoms with Gasteiger partial charge in [0.2, 0.25) is 0 Å². The van der Waals surface area contributed by atoms with Gasteiger partial charge in [-0.1, -0.05) is 72.8 Å². The zero-order valence-electron chi connectivity index (χ0n) is 50.7. The molecule has 0 fully saturated rings. The van der Waals surface area contributed by atoms with Crippen LogP contribution in [0.15, 0.2) is 273 Å². The van der Waals surface area contributed by atoms with E-state index in [1.807, 2.05) is 239 Å². The van der Waals surface area contributed by atoms with E-state index in [2.05, 4.69) is 87.3 Å². The van der Waals surface area contributed by atoms with Gasteiger partial charge in [-0.3, -0.25) is 34.3 Å². The molecule has 6 heterocycles. The molecule has 3 radical (unpaired) electrons. The fourth-order valence-corrected chi connectivity index (χ4v) is 9.12. The summed E-state index contributed by atoms with van der Waals surface area (Å²) in [5.41, 5.74) is 19.4. The van der Waals surface area contributed by atoms with Crippen LogP contribution in [0.5, 0.6) is 0 Å². The van der Waals surface area contributed by atoms with Gasteiger partial charge in [-0.2, -0.15) is 0 Å². The molecule has 6 aromatic heterocycles. The monoisotopic (exact) mass is 1780 g/mol. The van der Waals surface area contributed by atoms with E-state index in [-0.39, 0.29) is 66.1 Å². The molecule has 0 unspecified atom stereocenters. The van der Waals surface area contributed by atoms with E-state index in [9.17, 15) is 4.39 Å². The molecule has 15 heteroatoms. The quantitative estimate of drug-likeness (QED) is 0.148. The number of nitrogens with zero attached hydrogens (tertiary/aromatic N) is 10. The Hall–Kier alpha value is -9.89. The minimum Gasteiger partial charge on any atom is -0.305 e. The summed E-state index contributed by atoms with van der Waals surface area (Å²) in [6, 6.07) is 100. The Labute approximate surface area is 592 Å². The van der Waals surface area contributed by atoms with Crippen LogP contribution in [-0.2, 0) is 60.3 Å². The van der Waals surface area contributed by atoms with Crippen LogP contribution < -0.4 is 0 Å². The van der Waals surface area contributed by atoms with Crippen molar-refractivity contribution in [3.63, 3.8) is 0 Å². The van der Waals surface area contributed by atoms with E-state index in [1.54, 1.807) is 42.9 Å². The van der Waals surface area contributed by atoms with Crippen LogP contribution in [0.2, 0.25) is 5.02 Å². The predicted octanol–water partition coefficient (Wildman–Crippen LogP) is 18.5. The molecule has 10 nitrogen and oxygen atoms in total. The molecule has 0 aliphatic rings. The first-order valence-corrected chi connectivity index (χ1v) is 29.2. The normalized spacial score (nSPS) is 9.91. The van der Waals surface area contributed by atoms with Gasteiger partial charge in [0, 0.05) is 125 Å². The van der Waals surface area contributed by atoms with Crippen LogP contribution in [0, 0.1) is 74.3 Å². The third kappa shape index (κ3) is 20.3. The Morgan fingerprint density at radius 2 is 0.649 bits per heavy atom. The van der Waals surface area contributed by atoms with E-state index in [4.69, 9.17) is 16.9 Å². The van der Waals surface area contributed by atoms with E-state index < -0.39 is 0 Å². The molecule has 15 rings (SSSR count). The Bertz CT molecular complexity index is 4380. The van der Waals surface area contributed by atoms with Gasteiger partial charge in [-0.05, 0) is 103 Å². The van der Waals surface area contributed by atoms with Crippen molar-refractivity contribution in [1.82, 2.24) is 44.9 Å². The van der Waals surface area contributed by atoms with Gasteiger partial charge in [-0.15, -0.1) is 209 Å². The fourth-order valence-electron chi connectivity index (χ4n) is 9.00. The predicted molar refractivity (Wildman–Crippen MR) is 361 cm³/mol. The van der Waals surface area contributed by atoms with Crippen LogP contribution >= 0.6 is 11.6 Å². The van der Waals surface area contributed by atoms with Crippen molar-refractivity contribution in [2.45, 2.75) is 20.8 Å². The van der Waals surface area contributed by atoms with Gasteiger partial charge in [-0.25, -0.2) is 5.26 Å². The first-order chi connectivity index (χ1) is 44.6. The van der Waals surface area contributed by atoms with Crippen LogP contribution in [0.3, 0.4) is 0 Å². The Kier molecular flexibility index (Phi) is 28.1. The molecule has 0 saturated heterocycles. The number of aryl methyl sites for hydroxylation is 3.